The highest BCUT2D eigenvalue weighted by Gasteiger charge is 2.11. The Kier molecular flexibility index (Phi) is 19.3. The Morgan fingerprint density at radius 2 is 1.23 bits per heavy atom. The lowest BCUT2D eigenvalue weighted by Gasteiger charge is -2.11. The van der Waals surface area contributed by atoms with Crippen LogP contribution in [-0.2, 0) is 20.9 Å². The van der Waals surface area contributed by atoms with Crippen molar-refractivity contribution in [1.29, 1.82) is 0 Å². The van der Waals surface area contributed by atoms with E-state index >= 15 is 0 Å². The summed E-state index contributed by atoms with van der Waals surface area (Å²) in [5, 5.41) is 12.6. The molecule has 44 heavy (non-hydrogen) atoms. The molecule has 0 atom stereocenters. The van der Waals surface area contributed by atoms with Crippen molar-refractivity contribution in [2.75, 3.05) is 13.7 Å². The number of carbonyl (C=O) groups excluding carboxylic acids is 2. The van der Waals surface area contributed by atoms with Gasteiger partial charge in [0.1, 0.15) is 0 Å². The van der Waals surface area contributed by atoms with E-state index in [1.807, 2.05) is 13.8 Å². The first kappa shape index (κ1) is 38.5. The summed E-state index contributed by atoms with van der Waals surface area (Å²) in [6.07, 6.45) is 21.1. The van der Waals surface area contributed by atoms with E-state index in [9.17, 15) is 14.7 Å². The van der Waals surface area contributed by atoms with Crippen LogP contribution in [0.15, 0.2) is 70.4 Å². The van der Waals surface area contributed by atoms with Crippen LogP contribution in [0.5, 0.6) is 11.5 Å². The zero-order chi connectivity index (χ0) is 32.9. The average Bonchev–Trinajstić information content (AvgIpc) is 2.96. The normalized spacial score (nSPS) is 12.6. The number of hydrogen-bond donors (Lipinski definition) is 2. The van der Waals surface area contributed by atoms with Gasteiger partial charge in [-0.3, -0.25) is 9.59 Å². The Morgan fingerprint density at radius 1 is 0.727 bits per heavy atom. The quantitative estimate of drug-likeness (QED) is 0.0876. The van der Waals surface area contributed by atoms with Crippen LogP contribution in [-0.4, -0.2) is 30.7 Å². The molecule has 0 aliphatic rings. The maximum atomic E-state index is 12.1. The molecule has 0 heterocycles. The van der Waals surface area contributed by atoms with Gasteiger partial charge in [-0.25, -0.2) is 0 Å². The van der Waals surface area contributed by atoms with Gasteiger partial charge < -0.3 is 19.9 Å². The Labute approximate surface area is 267 Å². The van der Waals surface area contributed by atoms with E-state index in [4.69, 9.17) is 9.47 Å². The molecule has 244 valence electrons. The van der Waals surface area contributed by atoms with Gasteiger partial charge in [-0.2, -0.15) is 0 Å². The maximum absolute atomic E-state index is 12.1. The largest absolute Gasteiger partial charge is 0.504 e. The maximum Gasteiger partial charge on any atom is 0.306 e. The third-order valence-corrected chi connectivity index (χ3v) is 7.51. The molecule has 0 bridgehead atoms. The summed E-state index contributed by atoms with van der Waals surface area (Å²) in [6, 6.07) is 3.27. The van der Waals surface area contributed by atoms with Crippen molar-refractivity contribution >= 4 is 11.9 Å². The average molecular weight is 608 g/mol. The predicted molar refractivity (Wildman–Crippen MR) is 183 cm³/mol. The molecule has 0 spiro atoms. The molecular weight excluding hydrogens is 550 g/mol. The minimum Gasteiger partial charge on any atom is -0.504 e. The molecular formula is C38H57NO5. The number of allylic oxidation sites excluding steroid dienone is 10. The van der Waals surface area contributed by atoms with Crippen molar-refractivity contribution in [1.82, 2.24) is 5.32 Å². The van der Waals surface area contributed by atoms with Crippen molar-refractivity contribution in [2.24, 2.45) is 0 Å². The van der Waals surface area contributed by atoms with Crippen molar-refractivity contribution in [3.63, 3.8) is 0 Å². The smallest absolute Gasteiger partial charge is 0.306 e. The molecule has 1 aromatic rings. The Morgan fingerprint density at radius 3 is 1.75 bits per heavy atom. The number of benzene rings is 1. The number of phenols is 1. The number of ether oxygens (including phenoxy) is 2. The number of amides is 1. The first-order valence-electron chi connectivity index (χ1n) is 16.0. The molecule has 1 aromatic carbocycles. The number of phenolic OH excluding ortho intramolecular Hbond substituents is 1. The topological polar surface area (TPSA) is 84.9 Å². The van der Waals surface area contributed by atoms with Crippen LogP contribution in [0.1, 0.15) is 117 Å². The van der Waals surface area contributed by atoms with Crippen molar-refractivity contribution in [3.05, 3.63) is 81.5 Å². The monoisotopic (exact) mass is 607 g/mol. The van der Waals surface area contributed by atoms with Gasteiger partial charge in [0.2, 0.25) is 0 Å². The number of aromatic hydroxyl groups is 1. The van der Waals surface area contributed by atoms with E-state index < -0.39 is 0 Å². The second-order valence-electron chi connectivity index (χ2n) is 12.1. The summed E-state index contributed by atoms with van der Waals surface area (Å²) in [7, 11) is 1.47. The fourth-order valence-electron chi connectivity index (χ4n) is 4.58. The summed E-state index contributed by atoms with van der Waals surface area (Å²) < 4.78 is 10.3. The second kappa shape index (κ2) is 22.0. The number of methoxy groups -OCH3 is 1. The number of carbonyl (C=O) groups is 2. The zero-order valence-electron chi connectivity index (χ0n) is 28.6. The lowest BCUT2D eigenvalue weighted by atomic mass is 10.0. The number of aryl methyl sites for hydroxylation is 1. The molecule has 0 radical (unpaired) electrons. The first-order valence-corrected chi connectivity index (χ1v) is 16.0. The highest BCUT2D eigenvalue weighted by molar-refractivity contribution is 5.80. The Hall–Kier alpha value is -3.54. The Bertz CT molecular complexity index is 1210. The van der Waals surface area contributed by atoms with Crippen LogP contribution >= 0.6 is 0 Å². The van der Waals surface area contributed by atoms with Gasteiger partial charge in [0, 0.05) is 13.0 Å². The molecule has 2 N–H and O–H groups in total. The summed E-state index contributed by atoms with van der Waals surface area (Å²) >= 11 is 0. The number of nitrogens with one attached hydrogen (secondary N) is 1. The van der Waals surface area contributed by atoms with Gasteiger partial charge in [-0.1, -0.05) is 58.2 Å². The standard InChI is InChI=1S/C38H57NO5/c1-28(2)14-11-17-31(5)20-12-18-29(3)15-9-10-16-30(4)19-13-21-32(6)22-23-38(42)44-27-37(41)39-26-34-25-36(43-8)35(40)24-33(34)7/h14-16,20-21,24-25,40H,9-13,17-19,22-23,26-27H2,1-8H3,(H,39,41)/b29-15+,30-16+,31-20-,32-21+. The molecule has 6 heteroatoms. The van der Waals surface area contributed by atoms with Gasteiger partial charge in [-0.05, 0) is 130 Å². The van der Waals surface area contributed by atoms with E-state index in [0.717, 1.165) is 68.1 Å². The van der Waals surface area contributed by atoms with Crippen LogP contribution in [0.25, 0.3) is 0 Å². The number of rotatable bonds is 20. The van der Waals surface area contributed by atoms with Crippen molar-refractivity contribution in [3.8, 4) is 11.5 Å². The fourth-order valence-corrected chi connectivity index (χ4v) is 4.58. The molecule has 0 unspecified atom stereocenters. The van der Waals surface area contributed by atoms with Crippen LogP contribution in [0.3, 0.4) is 0 Å². The van der Waals surface area contributed by atoms with E-state index in [1.54, 1.807) is 12.1 Å². The first-order chi connectivity index (χ1) is 20.9. The van der Waals surface area contributed by atoms with E-state index in [0.29, 0.717) is 12.2 Å². The van der Waals surface area contributed by atoms with Gasteiger partial charge in [0.05, 0.1) is 7.11 Å². The van der Waals surface area contributed by atoms with Gasteiger partial charge >= 0.3 is 5.97 Å². The van der Waals surface area contributed by atoms with Gasteiger partial charge in [0.15, 0.2) is 18.1 Å². The predicted octanol–water partition coefficient (Wildman–Crippen LogP) is 9.52. The SMILES string of the molecule is COc1cc(CNC(=O)COC(=O)CC/C(C)=C/CC/C(C)=C/CC/C=C(\C)CC/C=C(/C)CCC=C(C)C)c(C)cc1O. The third-order valence-electron chi connectivity index (χ3n) is 7.51. The molecule has 0 aliphatic heterocycles. The number of esters is 1. The minimum atomic E-state index is -0.388. The van der Waals surface area contributed by atoms with Crippen LogP contribution < -0.4 is 10.1 Å². The number of hydrogen-bond acceptors (Lipinski definition) is 5. The zero-order valence-corrected chi connectivity index (χ0v) is 28.6. The molecule has 0 fully saturated rings. The molecule has 0 aliphatic carbocycles. The molecule has 1 rings (SSSR count). The second-order valence-corrected chi connectivity index (χ2v) is 12.1. The third kappa shape index (κ3) is 18.2. The number of unbranched alkanes of at least 4 members (excludes halogenated alkanes) is 1. The highest BCUT2D eigenvalue weighted by atomic mass is 16.5. The summed E-state index contributed by atoms with van der Waals surface area (Å²) in [5.74, 6) is -0.372. The van der Waals surface area contributed by atoms with Crippen molar-refractivity contribution < 1.29 is 24.2 Å². The van der Waals surface area contributed by atoms with Crippen molar-refractivity contribution in [2.45, 2.75) is 119 Å². The molecule has 0 saturated carbocycles. The molecule has 0 aromatic heterocycles. The summed E-state index contributed by atoms with van der Waals surface area (Å²) in [4.78, 5) is 24.3. The highest BCUT2D eigenvalue weighted by Crippen LogP contribution is 2.29. The van der Waals surface area contributed by atoms with Crippen LogP contribution in [0.2, 0.25) is 0 Å². The molecule has 6 nitrogen and oxygen atoms in total. The Balaban J connectivity index is 2.25. The van der Waals surface area contributed by atoms with Crippen LogP contribution in [0, 0.1) is 6.92 Å². The summed E-state index contributed by atoms with van der Waals surface area (Å²) in [6.45, 7) is 14.8. The minimum absolute atomic E-state index is 0.0506. The lowest BCUT2D eigenvalue weighted by molar-refractivity contribution is -0.148. The van der Waals surface area contributed by atoms with E-state index in [2.05, 4.69) is 70.3 Å². The molecule has 0 saturated heterocycles. The van der Waals surface area contributed by atoms with E-state index in [-0.39, 0.29) is 37.2 Å². The van der Waals surface area contributed by atoms with Gasteiger partial charge in [-0.15, -0.1) is 0 Å². The van der Waals surface area contributed by atoms with Gasteiger partial charge in [0.25, 0.3) is 5.91 Å². The fraction of sp³-hybridized carbons (Fsp3) is 0.526. The molecule has 1 amide bonds. The summed E-state index contributed by atoms with van der Waals surface area (Å²) in [5.41, 5.74) is 8.52. The van der Waals surface area contributed by atoms with Crippen LogP contribution in [0.4, 0.5) is 0 Å². The lowest BCUT2D eigenvalue weighted by Crippen LogP contribution is -2.28. The van der Waals surface area contributed by atoms with E-state index in [1.165, 1.54) is 29.4 Å².